The van der Waals surface area contributed by atoms with Crippen molar-refractivity contribution in [3.8, 4) is 0 Å². The standard InChI is InChI=1S/C14H11BrFNO/c1-17(11-5-3-2-4-6-11)14(18)12-9-10(15)7-8-13(12)16/h2-9H,1H3. The van der Waals surface area contributed by atoms with Crippen molar-refractivity contribution < 1.29 is 9.18 Å². The Bertz CT molecular complexity index is 571. The van der Waals surface area contributed by atoms with Gasteiger partial charge < -0.3 is 4.90 Å². The van der Waals surface area contributed by atoms with Gasteiger partial charge in [-0.15, -0.1) is 0 Å². The van der Waals surface area contributed by atoms with Gasteiger partial charge in [0.15, 0.2) is 0 Å². The Balaban J connectivity index is 2.34. The van der Waals surface area contributed by atoms with Crippen LogP contribution in [0, 0.1) is 5.82 Å². The average Bonchev–Trinajstić information content (AvgIpc) is 2.41. The first-order chi connectivity index (χ1) is 8.59. The molecule has 0 N–H and O–H groups in total. The van der Waals surface area contributed by atoms with E-state index in [-0.39, 0.29) is 11.5 Å². The molecule has 0 fully saturated rings. The molecule has 4 heteroatoms. The van der Waals surface area contributed by atoms with Gasteiger partial charge in [0.1, 0.15) is 5.82 Å². The topological polar surface area (TPSA) is 20.3 Å². The Morgan fingerprint density at radius 3 is 2.50 bits per heavy atom. The second-order valence-corrected chi connectivity index (χ2v) is 4.74. The highest BCUT2D eigenvalue weighted by Gasteiger charge is 2.17. The summed E-state index contributed by atoms with van der Waals surface area (Å²) >= 11 is 3.23. The van der Waals surface area contributed by atoms with Gasteiger partial charge >= 0.3 is 0 Å². The maximum atomic E-state index is 13.6. The molecule has 0 saturated carbocycles. The second-order valence-electron chi connectivity index (χ2n) is 3.82. The highest BCUT2D eigenvalue weighted by Crippen LogP contribution is 2.20. The summed E-state index contributed by atoms with van der Waals surface area (Å²) in [5.41, 5.74) is 0.776. The highest BCUT2D eigenvalue weighted by molar-refractivity contribution is 9.10. The third-order valence-electron chi connectivity index (χ3n) is 2.61. The lowest BCUT2D eigenvalue weighted by atomic mass is 10.1. The number of hydrogen-bond acceptors (Lipinski definition) is 1. The molecule has 2 aromatic carbocycles. The van der Waals surface area contributed by atoms with Crippen LogP contribution in [-0.2, 0) is 0 Å². The number of benzene rings is 2. The summed E-state index contributed by atoms with van der Waals surface area (Å²) in [6, 6.07) is 13.4. The quantitative estimate of drug-likeness (QED) is 0.825. The molecule has 0 saturated heterocycles. The van der Waals surface area contributed by atoms with E-state index in [0.29, 0.717) is 4.47 Å². The number of para-hydroxylation sites is 1. The Kier molecular flexibility index (Phi) is 3.77. The zero-order valence-electron chi connectivity index (χ0n) is 9.73. The molecule has 0 spiro atoms. The summed E-state index contributed by atoms with van der Waals surface area (Å²) < 4.78 is 14.3. The summed E-state index contributed by atoms with van der Waals surface area (Å²) in [7, 11) is 1.62. The first-order valence-electron chi connectivity index (χ1n) is 5.38. The summed E-state index contributed by atoms with van der Waals surface area (Å²) in [6.07, 6.45) is 0. The molecule has 0 heterocycles. The molecule has 0 radical (unpaired) electrons. The lowest BCUT2D eigenvalue weighted by Crippen LogP contribution is -2.27. The lowest BCUT2D eigenvalue weighted by Gasteiger charge is -2.17. The van der Waals surface area contributed by atoms with E-state index < -0.39 is 5.82 Å². The molecule has 0 aliphatic heterocycles. The molecule has 18 heavy (non-hydrogen) atoms. The minimum atomic E-state index is -0.522. The van der Waals surface area contributed by atoms with Crippen LogP contribution in [0.15, 0.2) is 53.0 Å². The van der Waals surface area contributed by atoms with Crippen molar-refractivity contribution >= 4 is 27.5 Å². The second kappa shape index (κ2) is 5.31. The van der Waals surface area contributed by atoms with Crippen LogP contribution in [0.1, 0.15) is 10.4 Å². The van der Waals surface area contributed by atoms with Crippen LogP contribution < -0.4 is 4.90 Å². The van der Waals surface area contributed by atoms with Crippen LogP contribution in [-0.4, -0.2) is 13.0 Å². The molecule has 0 bridgehead atoms. The molecule has 0 aromatic heterocycles. The van der Waals surface area contributed by atoms with Crippen molar-refractivity contribution in [1.29, 1.82) is 0 Å². The maximum absolute atomic E-state index is 13.6. The third-order valence-corrected chi connectivity index (χ3v) is 3.10. The first kappa shape index (κ1) is 12.8. The third kappa shape index (κ3) is 2.59. The number of carbonyl (C=O) groups is 1. The molecule has 2 rings (SSSR count). The molecule has 0 unspecified atom stereocenters. The summed E-state index contributed by atoms with van der Waals surface area (Å²) in [4.78, 5) is 13.6. The van der Waals surface area contributed by atoms with Crippen LogP contribution in [0.2, 0.25) is 0 Å². The zero-order valence-corrected chi connectivity index (χ0v) is 11.3. The van der Waals surface area contributed by atoms with Gasteiger partial charge in [-0.2, -0.15) is 0 Å². The highest BCUT2D eigenvalue weighted by atomic mass is 79.9. The number of hydrogen-bond donors (Lipinski definition) is 0. The normalized spacial score (nSPS) is 10.2. The fraction of sp³-hybridized carbons (Fsp3) is 0.0714. The molecule has 2 nitrogen and oxygen atoms in total. The smallest absolute Gasteiger partial charge is 0.261 e. The van der Waals surface area contributed by atoms with E-state index in [4.69, 9.17) is 0 Å². The van der Waals surface area contributed by atoms with Gasteiger partial charge in [-0.05, 0) is 30.3 Å². The minimum absolute atomic E-state index is 0.0516. The Morgan fingerprint density at radius 1 is 1.17 bits per heavy atom. The minimum Gasteiger partial charge on any atom is -0.311 e. The van der Waals surface area contributed by atoms with Crippen molar-refractivity contribution in [1.82, 2.24) is 0 Å². The predicted molar refractivity (Wildman–Crippen MR) is 73.3 cm³/mol. The Hall–Kier alpha value is -1.68. The molecule has 0 atom stereocenters. The van der Waals surface area contributed by atoms with E-state index in [1.807, 2.05) is 18.2 Å². The number of amides is 1. The fourth-order valence-corrected chi connectivity index (χ4v) is 1.97. The van der Waals surface area contributed by atoms with Gasteiger partial charge in [0.25, 0.3) is 5.91 Å². The van der Waals surface area contributed by atoms with E-state index in [1.165, 1.54) is 17.0 Å². The van der Waals surface area contributed by atoms with Crippen LogP contribution in [0.4, 0.5) is 10.1 Å². The number of rotatable bonds is 2. The van der Waals surface area contributed by atoms with Gasteiger partial charge in [0.2, 0.25) is 0 Å². The van der Waals surface area contributed by atoms with Crippen molar-refractivity contribution in [3.63, 3.8) is 0 Å². The van der Waals surface area contributed by atoms with Crippen molar-refractivity contribution in [2.45, 2.75) is 0 Å². The van der Waals surface area contributed by atoms with Gasteiger partial charge in [-0.1, -0.05) is 34.1 Å². The first-order valence-corrected chi connectivity index (χ1v) is 6.17. The van der Waals surface area contributed by atoms with Crippen LogP contribution in [0.5, 0.6) is 0 Å². The lowest BCUT2D eigenvalue weighted by molar-refractivity contribution is 0.0989. The molecular formula is C14H11BrFNO. The zero-order chi connectivity index (χ0) is 13.1. The molecule has 1 amide bonds. The van der Waals surface area contributed by atoms with Gasteiger partial charge in [-0.3, -0.25) is 4.79 Å². The fourth-order valence-electron chi connectivity index (χ4n) is 1.61. The van der Waals surface area contributed by atoms with Crippen LogP contribution in [0.3, 0.4) is 0 Å². The summed E-state index contributed by atoms with van der Waals surface area (Å²) in [6.45, 7) is 0. The summed E-state index contributed by atoms with van der Waals surface area (Å²) in [5.74, 6) is -0.897. The molecule has 2 aromatic rings. The summed E-state index contributed by atoms with van der Waals surface area (Å²) in [5, 5.41) is 0. The molecule has 0 aliphatic rings. The van der Waals surface area contributed by atoms with E-state index in [2.05, 4.69) is 15.9 Å². The largest absolute Gasteiger partial charge is 0.311 e. The molecular weight excluding hydrogens is 297 g/mol. The van der Waals surface area contributed by atoms with Crippen molar-refractivity contribution in [3.05, 3.63) is 64.4 Å². The van der Waals surface area contributed by atoms with Crippen LogP contribution >= 0.6 is 15.9 Å². The molecule has 0 aliphatic carbocycles. The molecule has 92 valence electrons. The maximum Gasteiger partial charge on any atom is 0.261 e. The van der Waals surface area contributed by atoms with E-state index in [0.717, 1.165) is 5.69 Å². The SMILES string of the molecule is CN(C(=O)c1cc(Br)ccc1F)c1ccccc1. The predicted octanol–water partition coefficient (Wildman–Crippen LogP) is 3.86. The number of anilines is 1. The Labute approximate surface area is 113 Å². The van der Waals surface area contributed by atoms with Gasteiger partial charge in [0.05, 0.1) is 5.56 Å². The van der Waals surface area contributed by atoms with E-state index in [1.54, 1.807) is 25.2 Å². The van der Waals surface area contributed by atoms with E-state index >= 15 is 0 Å². The monoisotopic (exact) mass is 307 g/mol. The van der Waals surface area contributed by atoms with Gasteiger partial charge in [0, 0.05) is 17.2 Å². The number of halogens is 2. The van der Waals surface area contributed by atoms with E-state index in [9.17, 15) is 9.18 Å². The van der Waals surface area contributed by atoms with Gasteiger partial charge in [-0.25, -0.2) is 4.39 Å². The van der Waals surface area contributed by atoms with Crippen molar-refractivity contribution in [2.75, 3.05) is 11.9 Å². The number of carbonyl (C=O) groups excluding carboxylic acids is 1. The van der Waals surface area contributed by atoms with Crippen molar-refractivity contribution in [2.24, 2.45) is 0 Å². The van der Waals surface area contributed by atoms with Crippen LogP contribution in [0.25, 0.3) is 0 Å². The average molecular weight is 308 g/mol. The number of nitrogens with zero attached hydrogens (tertiary/aromatic N) is 1. The Morgan fingerprint density at radius 2 is 1.83 bits per heavy atom.